The Bertz CT molecular complexity index is 1150. The van der Waals surface area contributed by atoms with Crippen LogP contribution in [0.4, 0.5) is 11.4 Å². The monoisotopic (exact) mass is 430 g/mol. The van der Waals surface area contributed by atoms with E-state index in [1.807, 2.05) is 6.92 Å². The summed E-state index contributed by atoms with van der Waals surface area (Å²) in [5.41, 5.74) is 2.08. The van der Waals surface area contributed by atoms with Crippen LogP contribution in [-0.2, 0) is 10.0 Å². The van der Waals surface area contributed by atoms with Crippen LogP contribution in [0, 0.1) is 6.92 Å². The van der Waals surface area contributed by atoms with Crippen LogP contribution < -0.4 is 14.8 Å². The highest BCUT2D eigenvalue weighted by Crippen LogP contribution is 2.26. The van der Waals surface area contributed by atoms with Crippen molar-refractivity contribution < 1.29 is 17.9 Å². The minimum Gasteiger partial charge on any atom is -0.495 e. The number of rotatable bonds is 6. The molecule has 0 heterocycles. The fraction of sp³-hybridized carbons (Fsp3) is 0.0952. The van der Waals surface area contributed by atoms with Gasteiger partial charge in [0, 0.05) is 11.3 Å². The number of hydrogen-bond acceptors (Lipinski definition) is 4. The third kappa shape index (κ3) is 4.88. The number of hydrogen-bond donors (Lipinski definition) is 2. The van der Waals surface area contributed by atoms with Gasteiger partial charge in [0.15, 0.2) is 0 Å². The Hall–Kier alpha value is -3.03. The zero-order valence-corrected chi connectivity index (χ0v) is 17.3. The van der Waals surface area contributed by atoms with Gasteiger partial charge in [-0.1, -0.05) is 29.8 Å². The number of methoxy groups -OCH3 is 1. The molecule has 8 heteroatoms. The number of benzene rings is 3. The van der Waals surface area contributed by atoms with Gasteiger partial charge in [0.1, 0.15) is 10.6 Å². The molecule has 0 bridgehead atoms. The highest BCUT2D eigenvalue weighted by molar-refractivity contribution is 7.92. The number of carbonyl (C=O) groups is 1. The van der Waals surface area contributed by atoms with Crippen molar-refractivity contribution in [1.29, 1.82) is 0 Å². The van der Waals surface area contributed by atoms with Gasteiger partial charge in [-0.05, 0) is 61.0 Å². The smallest absolute Gasteiger partial charge is 0.263 e. The zero-order valence-electron chi connectivity index (χ0n) is 15.8. The molecule has 29 heavy (non-hydrogen) atoms. The SMILES string of the molecule is COc1ccccc1NC(=O)c1ccc(NS(=O)(=O)c2ccc(C)cc2Cl)cc1. The molecular weight excluding hydrogens is 412 g/mol. The van der Waals surface area contributed by atoms with Gasteiger partial charge in [-0.25, -0.2) is 8.42 Å². The Morgan fingerprint density at radius 2 is 1.69 bits per heavy atom. The molecule has 0 fully saturated rings. The molecule has 0 saturated carbocycles. The standard InChI is InChI=1S/C21H19ClN2O4S/c1-14-7-12-20(17(22)13-14)29(26,27)24-16-10-8-15(9-11-16)21(25)23-18-5-3-4-6-19(18)28-2/h3-13,24H,1-2H3,(H,23,25). The molecule has 0 spiro atoms. The molecule has 0 atom stereocenters. The minimum atomic E-state index is -3.85. The summed E-state index contributed by atoms with van der Waals surface area (Å²) in [4.78, 5) is 12.4. The van der Waals surface area contributed by atoms with Crippen molar-refractivity contribution >= 4 is 38.9 Å². The van der Waals surface area contributed by atoms with E-state index in [0.717, 1.165) is 5.56 Å². The quantitative estimate of drug-likeness (QED) is 0.593. The average molecular weight is 431 g/mol. The number of sulfonamides is 1. The second-order valence-electron chi connectivity index (χ2n) is 6.27. The molecule has 0 radical (unpaired) electrons. The fourth-order valence-corrected chi connectivity index (χ4v) is 4.32. The summed E-state index contributed by atoms with van der Waals surface area (Å²) < 4.78 is 32.8. The van der Waals surface area contributed by atoms with Gasteiger partial charge in [-0.2, -0.15) is 0 Å². The van der Waals surface area contributed by atoms with Crippen LogP contribution in [0.3, 0.4) is 0 Å². The van der Waals surface area contributed by atoms with E-state index < -0.39 is 10.0 Å². The Balaban J connectivity index is 1.75. The maximum Gasteiger partial charge on any atom is 0.263 e. The highest BCUT2D eigenvalue weighted by atomic mass is 35.5. The van der Waals surface area contributed by atoms with Crippen LogP contribution in [0.15, 0.2) is 71.6 Å². The molecule has 0 saturated heterocycles. The third-order valence-corrected chi connectivity index (χ3v) is 6.00. The molecule has 0 aliphatic rings. The van der Waals surface area contributed by atoms with Crippen LogP contribution >= 0.6 is 11.6 Å². The molecule has 0 unspecified atom stereocenters. The second kappa shape index (κ2) is 8.55. The van der Waals surface area contributed by atoms with Crippen molar-refractivity contribution in [1.82, 2.24) is 0 Å². The molecule has 0 aromatic heterocycles. The summed E-state index contributed by atoms with van der Waals surface area (Å²) in [5, 5.41) is 2.91. The van der Waals surface area contributed by atoms with Gasteiger partial charge >= 0.3 is 0 Å². The normalized spacial score (nSPS) is 11.0. The number of ether oxygens (including phenoxy) is 1. The maximum atomic E-state index is 12.6. The first-order valence-electron chi connectivity index (χ1n) is 8.63. The molecule has 0 aliphatic heterocycles. The molecule has 2 N–H and O–H groups in total. The van der Waals surface area contributed by atoms with E-state index in [0.29, 0.717) is 22.7 Å². The molecule has 150 valence electrons. The summed E-state index contributed by atoms with van der Waals surface area (Å²) in [7, 11) is -2.33. The van der Waals surface area contributed by atoms with Crippen molar-refractivity contribution in [2.24, 2.45) is 0 Å². The lowest BCUT2D eigenvalue weighted by Gasteiger charge is -2.12. The van der Waals surface area contributed by atoms with E-state index in [1.165, 1.54) is 37.4 Å². The van der Waals surface area contributed by atoms with Crippen LogP contribution in [0.1, 0.15) is 15.9 Å². The molecule has 0 aliphatic carbocycles. The van der Waals surface area contributed by atoms with E-state index in [9.17, 15) is 13.2 Å². The van der Waals surface area contributed by atoms with Gasteiger partial charge < -0.3 is 10.1 Å². The number of anilines is 2. The number of para-hydroxylation sites is 2. The van der Waals surface area contributed by atoms with Crippen LogP contribution in [-0.4, -0.2) is 21.4 Å². The van der Waals surface area contributed by atoms with Crippen molar-refractivity contribution in [3.05, 3.63) is 82.9 Å². The lowest BCUT2D eigenvalue weighted by Crippen LogP contribution is -2.15. The predicted molar refractivity (Wildman–Crippen MR) is 114 cm³/mol. The lowest BCUT2D eigenvalue weighted by atomic mass is 10.2. The van der Waals surface area contributed by atoms with Crippen molar-refractivity contribution in [2.45, 2.75) is 11.8 Å². The first-order chi connectivity index (χ1) is 13.8. The number of amides is 1. The van der Waals surface area contributed by atoms with Gasteiger partial charge in [0.25, 0.3) is 15.9 Å². The summed E-state index contributed by atoms with van der Waals surface area (Å²) in [6.07, 6.45) is 0. The van der Waals surface area contributed by atoms with E-state index in [4.69, 9.17) is 16.3 Å². The number of carbonyl (C=O) groups excluding carboxylic acids is 1. The predicted octanol–water partition coefficient (Wildman–Crippen LogP) is 4.71. The second-order valence-corrected chi connectivity index (χ2v) is 8.33. The summed E-state index contributed by atoms with van der Waals surface area (Å²) >= 11 is 6.07. The van der Waals surface area contributed by atoms with E-state index in [-0.39, 0.29) is 15.8 Å². The topological polar surface area (TPSA) is 84.5 Å². The van der Waals surface area contributed by atoms with Crippen molar-refractivity contribution in [3.8, 4) is 5.75 Å². The van der Waals surface area contributed by atoms with Crippen molar-refractivity contribution in [2.75, 3.05) is 17.1 Å². The van der Waals surface area contributed by atoms with E-state index in [2.05, 4.69) is 10.0 Å². The van der Waals surface area contributed by atoms with Gasteiger partial charge in [-0.3, -0.25) is 9.52 Å². The number of aryl methyl sites for hydroxylation is 1. The van der Waals surface area contributed by atoms with Crippen LogP contribution in [0.2, 0.25) is 5.02 Å². The summed E-state index contributed by atoms with van der Waals surface area (Å²) in [5.74, 6) is 0.200. The molecule has 6 nitrogen and oxygen atoms in total. The number of nitrogens with one attached hydrogen (secondary N) is 2. The Labute approximate surface area is 174 Å². The molecule has 1 amide bonds. The van der Waals surface area contributed by atoms with E-state index in [1.54, 1.807) is 36.4 Å². The molecular formula is C21H19ClN2O4S. The molecule has 3 aromatic rings. The van der Waals surface area contributed by atoms with Crippen LogP contribution in [0.5, 0.6) is 5.75 Å². The first kappa shape index (κ1) is 20.7. The molecule has 3 aromatic carbocycles. The van der Waals surface area contributed by atoms with Crippen molar-refractivity contribution in [3.63, 3.8) is 0 Å². The largest absolute Gasteiger partial charge is 0.495 e. The minimum absolute atomic E-state index is 0.0113. The first-order valence-corrected chi connectivity index (χ1v) is 10.5. The third-order valence-electron chi connectivity index (χ3n) is 4.13. The van der Waals surface area contributed by atoms with Gasteiger partial charge in [0.2, 0.25) is 0 Å². The maximum absolute atomic E-state index is 12.6. The van der Waals surface area contributed by atoms with E-state index >= 15 is 0 Å². The van der Waals surface area contributed by atoms with Crippen LogP contribution in [0.25, 0.3) is 0 Å². The Kier molecular flexibility index (Phi) is 6.10. The molecule has 3 rings (SSSR count). The Morgan fingerprint density at radius 1 is 1.00 bits per heavy atom. The lowest BCUT2D eigenvalue weighted by molar-refractivity contribution is 0.102. The van der Waals surface area contributed by atoms with Gasteiger partial charge in [-0.15, -0.1) is 0 Å². The average Bonchev–Trinajstić information content (AvgIpc) is 2.68. The summed E-state index contributed by atoms with van der Waals surface area (Å²) in [6.45, 7) is 1.82. The fourth-order valence-electron chi connectivity index (χ4n) is 2.67. The summed E-state index contributed by atoms with van der Waals surface area (Å²) in [6, 6.07) is 17.8. The van der Waals surface area contributed by atoms with Gasteiger partial charge in [0.05, 0.1) is 17.8 Å². The highest BCUT2D eigenvalue weighted by Gasteiger charge is 2.18. The zero-order chi connectivity index (χ0) is 21.0. The number of halogens is 1. The Morgan fingerprint density at radius 3 is 2.34 bits per heavy atom.